The first-order chi connectivity index (χ1) is 5.04. The number of aliphatic carboxylic acids is 1. The van der Waals surface area contributed by atoms with Gasteiger partial charge in [-0.05, 0) is 13.3 Å². The Kier molecular flexibility index (Phi) is 4.52. The van der Waals surface area contributed by atoms with Gasteiger partial charge in [0.15, 0.2) is 0 Å². The lowest BCUT2D eigenvalue weighted by Crippen LogP contribution is -1.96. The largest absolute Gasteiger partial charge is 0.478 e. The molecule has 0 saturated carbocycles. The van der Waals surface area contributed by atoms with Crippen LogP contribution in [0.25, 0.3) is 0 Å². The van der Waals surface area contributed by atoms with Gasteiger partial charge in [-0.25, -0.2) is 13.2 Å². The monoisotopic (exact) mass is 178 g/mol. The average Bonchev–Trinajstić information content (AvgIpc) is 1.86. The average molecular weight is 178 g/mol. The summed E-state index contributed by atoms with van der Waals surface area (Å²) < 4.78 is 20.0. The summed E-state index contributed by atoms with van der Waals surface area (Å²) in [6, 6.07) is 0. The molecule has 4 nitrogen and oxygen atoms in total. The normalized spacial score (nSPS) is 12.0. The van der Waals surface area contributed by atoms with Crippen molar-refractivity contribution in [3.63, 3.8) is 0 Å². The molecule has 0 aromatic rings. The van der Waals surface area contributed by atoms with E-state index in [1.54, 1.807) is 0 Å². The summed E-state index contributed by atoms with van der Waals surface area (Å²) in [6.07, 6.45) is 1.67. The first-order valence-corrected chi connectivity index (χ1v) is 4.42. The van der Waals surface area contributed by atoms with Gasteiger partial charge in [0.2, 0.25) is 0 Å². The molecule has 0 radical (unpaired) electrons. The molecule has 5 heteroatoms. The number of thiol groups is 1. The molecular weight excluding hydrogens is 168 g/mol. The van der Waals surface area contributed by atoms with E-state index in [2.05, 4.69) is 0 Å². The van der Waals surface area contributed by atoms with E-state index in [1.165, 1.54) is 13.0 Å². The van der Waals surface area contributed by atoms with Gasteiger partial charge < -0.3 is 5.11 Å². The van der Waals surface area contributed by atoms with E-state index in [-0.39, 0.29) is 17.7 Å². The quantitative estimate of drug-likeness (QED) is 0.470. The van der Waals surface area contributed by atoms with Crippen LogP contribution in [-0.2, 0) is 15.5 Å². The van der Waals surface area contributed by atoms with Crippen LogP contribution in [0.2, 0.25) is 0 Å². The molecule has 0 amide bonds. The number of hydrogen-bond acceptors (Lipinski definition) is 3. The topological polar surface area (TPSA) is 71.4 Å². The van der Waals surface area contributed by atoms with E-state index in [0.717, 1.165) is 0 Å². The summed E-state index contributed by atoms with van der Waals surface area (Å²) in [6.45, 7) is 1.43. The maximum absolute atomic E-state index is 10.2. The first-order valence-electron chi connectivity index (χ1n) is 3.06. The SMILES string of the molecule is CC(=CCC[SH](=O)=O)C(=O)O. The van der Waals surface area contributed by atoms with Crippen molar-refractivity contribution in [3.8, 4) is 0 Å². The standard InChI is InChI=1S/C6H10O4S/c1-5(6(7)8)3-2-4-11(9)10/h3,11H,2,4H2,1H3,(H,7,8). The lowest BCUT2D eigenvalue weighted by atomic mass is 10.2. The van der Waals surface area contributed by atoms with E-state index in [1.807, 2.05) is 0 Å². The van der Waals surface area contributed by atoms with Crippen molar-refractivity contribution in [2.75, 3.05) is 5.75 Å². The molecule has 0 rings (SSSR count). The Bertz CT molecular complexity index is 231. The van der Waals surface area contributed by atoms with Crippen LogP contribution in [0, 0.1) is 0 Å². The minimum absolute atomic E-state index is 0.0138. The molecule has 0 fully saturated rings. The zero-order chi connectivity index (χ0) is 8.85. The maximum Gasteiger partial charge on any atom is 0.330 e. The van der Waals surface area contributed by atoms with Gasteiger partial charge in [-0.15, -0.1) is 0 Å². The number of hydrogen-bond donors (Lipinski definition) is 2. The van der Waals surface area contributed by atoms with Crippen molar-refractivity contribution in [1.29, 1.82) is 0 Å². The summed E-state index contributed by atoms with van der Waals surface area (Å²) in [7, 11) is -2.39. The molecule has 11 heavy (non-hydrogen) atoms. The van der Waals surface area contributed by atoms with Crippen LogP contribution in [-0.4, -0.2) is 25.2 Å². The highest BCUT2D eigenvalue weighted by Crippen LogP contribution is 1.94. The van der Waals surface area contributed by atoms with Gasteiger partial charge in [0.1, 0.15) is 10.7 Å². The predicted octanol–water partition coefficient (Wildman–Crippen LogP) is 0.0188. The molecule has 0 unspecified atom stereocenters. The highest BCUT2D eigenvalue weighted by molar-refractivity contribution is 7.72. The predicted molar refractivity (Wildman–Crippen MR) is 41.2 cm³/mol. The molecule has 1 N–H and O–H groups in total. The summed E-state index contributed by atoms with van der Waals surface area (Å²) in [4.78, 5) is 10.2. The van der Waals surface area contributed by atoms with Crippen molar-refractivity contribution in [3.05, 3.63) is 11.6 Å². The van der Waals surface area contributed by atoms with Crippen molar-refractivity contribution in [2.45, 2.75) is 13.3 Å². The zero-order valence-corrected chi connectivity index (χ0v) is 7.01. The highest BCUT2D eigenvalue weighted by Gasteiger charge is 1.97. The van der Waals surface area contributed by atoms with Crippen LogP contribution < -0.4 is 0 Å². The summed E-state index contributed by atoms with van der Waals surface area (Å²) in [5, 5.41) is 8.33. The maximum atomic E-state index is 10.2. The Hall–Kier alpha value is -0.840. The van der Waals surface area contributed by atoms with Gasteiger partial charge in [-0.3, -0.25) is 0 Å². The molecule has 0 atom stereocenters. The Morgan fingerprint density at radius 1 is 1.55 bits per heavy atom. The van der Waals surface area contributed by atoms with Gasteiger partial charge in [0, 0.05) is 5.57 Å². The smallest absolute Gasteiger partial charge is 0.330 e. The molecule has 0 heterocycles. The Morgan fingerprint density at radius 2 is 2.09 bits per heavy atom. The number of allylic oxidation sites excluding steroid dienone is 1. The van der Waals surface area contributed by atoms with Crippen molar-refractivity contribution in [1.82, 2.24) is 0 Å². The summed E-state index contributed by atoms with van der Waals surface area (Å²) in [5.74, 6) is -0.994. The number of carboxylic acids is 1. The number of carbonyl (C=O) groups is 1. The first kappa shape index (κ1) is 10.2. The van der Waals surface area contributed by atoms with E-state index < -0.39 is 16.7 Å². The molecule has 0 spiro atoms. The van der Waals surface area contributed by atoms with E-state index >= 15 is 0 Å². The molecule has 0 aliphatic carbocycles. The van der Waals surface area contributed by atoms with Crippen molar-refractivity contribution < 1.29 is 18.3 Å². The minimum Gasteiger partial charge on any atom is -0.478 e. The fraction of sp³-hybridized carbons (Fsp3) is 0.500. The van der Waals surface area contributed by atoms with E-state index in [0.29, 0.717) is 0 Å². The van der Waals surface area contributed by atoms with Crippen LogP contribution in [0.15, 0.2) is 11.6 Å². The second-order valence-corrected chi connectivity index (χ2v) is 3.15. The lowest BCUT2D eigenvalue weighted by molar-refractivity contribution is -0.132. The van der Waals surface area contributed by atoms with Gasteiger partial charge in [-0.2, -0.15) is 0 Å². The third kappa shape index (κ3) is 5.60. The summed E-state index contributed by atoms with van der Waals surface area (Å²) >= 11 is 0. The third-order valence-electron chi connectivity index (χ3n) is 1.10. The lowest BCUT2D eigenvalue weighted by Gasteiger charge is -1.89. The number of carboxylic acid groups (broad SMARTS) is 1. The van der Waals surface area contributed by atoms with Gasteiger partial charge >= 0.3 is 5.97 Å². The van der Waals surface area contributed by atoms with E-state index in [9.17, 15) is 13.2 Å². The van der Waals surface area contributed by atoms with Crippen LogP contribution in [0.1, 0.15) is 13.3 Å². The second-order valence-electron chi connectivity index (χ2n) is 2.04. The molecule has 0 aromatic heterocycles. The van der Waals surface area contributed by atoms with Crippen LogP contribution in [0.5, 0.6) is 0 Å². The second kappa shape index (κ2) is 4.90. The van der Waals surface area contributed by atoms with Crippen molar-refractivity contribution in [2.24, 2.45) is 0 Å². The molecule has 0 aliphatic rings. The Labute approximate surface area is 66.5 Å². The third-order valence-corrected chi connectivity index (χ3v) is 1.72. The molecule has 0 saturated heterocycles. The fourth-order valence-corrected chi connectivity index (χ4v) is 0.814. The number of rotatable bonds is 4. The Balaban J connectivity index is 3.83. The molecule has 64 valence electrons. The highest BCUT2D eigenvalue weighted by atomic mass is 32.2. The van der Waals surface area contributed by atoms with Crippen LogP contribution in [0.3, 0.4) is 0 Å². The van der Waals surface area contributed by atoms with E-state index in [4.69, 9.17) is 5.11 Å². The van der Waals surface area contributed by atoms with Gasteiger partial charge in [0.05, 0.1) is 5.75 Å². The molecule has 0 bridgehead atoms. The molecule has 0 aromatic carbocycles. The summed E-state index contributed by atoms with van der Waals surface area (Å²) in [5.41, 5.74) is 0.182. The Morgan fingerprint density at radius 3 is 2.45 bits per heavy atom. The van der Waals surface area contributed by atoms with Crippen LogP contribution >= 0.6 is 0 Å². The minimum atomic E-state index is -2.39. The molecule has 0 aliphatic heterocycles. The zero-order valence-electron chi connectivity index (χ0n) is 6.11. The van der Waals surface area contributed by atoms with Gasteiger partial charge in [-0.1, -0.05) is 6.08 Å². The van der Waals surface area contributed by atoms with Crippen molar-refractivity contribution >= 4 is 16.7 Å². The van der Waals surface area contributed by atoms with Gasteiger partial charge in [0.25, 0.3) is 0 Å². The van der Waals surface area contributed by atoms with Crippen LogP contribution in [0.4, 0.5) is 0 Å². The fourth-order valence-electron chi connectivity index (χ4n) is 0.474. The molecular formula is C6H10O4S.